The van der Waals surface area contributed by atoms with E-state index in [1.54, 1.807) is 0 Å². The van der Waals surface area contributed by atoms with Gasteiger partial charge in [0.1, 0.15) is 12.4 Å². The normalized spacial score (nSPS) is 11.9. The van der Waals surface area contributed by atoms with E-state index in [4.69, 9.17) is 10.5 Å². The van der Waals surface area contributed by atoms with Crippen molar-refractivity contribution < 1.29 is 4.74 Å². The first kappa shape index (κ1) is 15.2. The van der Waals surface area contributed by atoms with Crippen LogP contribution >= 0.6 is 0 Å². The predicted molar refractivity (Wildman–Crippen MR) is 88.8 cm³/mol. The zero-order valence-electron chi connectivity index (χ0n) is 12.7. The number of nitrogens with one attached hydrogen (secondary N) is 1. The number of guanidine groups is 1. The summed E-state index contributed by atoms with van der Waals surface area (Å²) in [6.45, 7) is 6.15. The van der Waals surface area contributed by atoms with E-state index < -0.39 is 0 Å². The SMILES string of the molecule is CC(C)CN=C(N)NCCOc1cccc2ccccc12. The number of nitrogens with two attached hydrogens (primary N) is 1. The summed E-state index contributed by atoms with van der Waals surface area (Å²) < 4.78 is 5.82. The third kappa shape index (κ3) is 4.67. The summed E-state index contributed by atoms with van der Waals surface area (Å²) in [6.07, 6.45) is 0. The van der Waals surface area contributed by atoms with E-state index in [1.807, 2.05) is 24.3 Å². The van der Waals surface area contributed by atoms with Crippen molar-refractivity contribution in [2.45, 2.75) is 13.8 Å². The molecule has 2 aromatic carbocycles. The fourth-order valence-corrected chi connectivity index (χ4v) is 2.00. The number of hydrogen-bond donors (Lipinski definition) is 2. The summed E-state index contributed by atoms with van der Waals surface area (Å²) in [5, 5.41) is 5.37. The van der Waals surface area contributed by atoms with Crippen LogP contribution in [0.1, 0.15) is 13.8 Å². The summed E-state index contributed by atoms with van der Waals surface area (Å²) >= 11 is 0. The van der Waals surface area contributed by atoms with Crippen LogP contribution in [0.4, 0.5) is 0 Å². The third-order valence-corrected chi connectivity index (χ3v) is 3.04. The van der Waals surface area contributed by atoms with E-state index in [0.717, 1.165) is 17.7 Å². The van der Waals surface area contributed by atoms with Crippen LogP contribution in [0.15, 0.2) is 47.5 Å². The highest BCUT2D eigenvalue weighted by Gasteiger charge is 2.01. The summed E-state index contributed by atoms with van der Waals surface area (Å²) in [7, 11) is 0. The molecular weight excluding hydrogens is 262 g/mol. The van der Waals surface area contributed by atoms with Crippen LogP contribution in [0, 0.1) is 5.92 Å². The van der Waals surface area contributed by atoms with E-state index in [1.165, 1.54) is 5.39 Å². The van der Waals surface area contributed by atoms with Gasteiger partial charge in [-0.3, -0.25) is 4.99 Å². The minimum Gasteiger partial charge on any atom is -0.491 e. The van der Waals surface area contributed by atoms with Crippen molar-refractivity contribution >= 4 is 16.7 Å². The highest BCUT2D eigenvalue weighted by molar-refractivity contribution is 5.88. The topological polar surface area (TPSA) is 59.6 Å². The van der Waals surface area contributed by atoms with Crippen molar-refractivity contribution in [3.05, 3.63) is 42.5 Å². The maximum Gasteiger partial charge on any atom is 0.188 e. The number of aliphatic imine (C=N–C) groups is 1. The lowest BCUT2D eigenvalue weighted by molar-refractivity contribution is 0.326. The Labute approximate surface area is 126 Å². The molecule has 0 fully saturated rings. The van der Waals surface area contributed by atoms with E-state index in [0.29, 0.717) is 25.0 Å². The summed E-state index contributed by atoms with van der Waals surface area (Å²) in [6, 6.07) is 14.3. The molecule has 112 valence electrons. The first-order valence-corrected chi connectivity index (χ1v) is 7.31. The largest absolute Gasteiger partial charge is 0.491 e. The number of nitrogens with zero attached hydrogens (tertiary/aromatic N) is 1. The molecule has 0 radical (unpaired) electrons. The molecule has 2 rings (SSSR count). The maximum atomic E-state index is 5.82. The minimum absolute atomic E-state index is 0.477. The van der Waals surface area contributed by atoms with Crippen LogP contribution in [-0.2, 0) is 0 Å². The van der Waals surface area contributed by atoms with Gasteiger partial charge in [0.15, 0.2) is 5.96 Å². The molecule has 0 aliphatic rings. The summed E-state index contributed by atoms with van der Waals surface area (Å²) in [5.41, 5.74) is 5.78. The highest BCUT2D eigenvalue weighted by atomic mass is 16.5. The Hall–Kier alpha value is -2.23. The molecule has 0 bridgehead atoms. The molecule has 0 atom stereocenters. The Kier molecular flexibility index (Phi) is 5.43. The monoisotopic (exact) mass is 285 g/mol. The Morgan fingerprint density at radius 3 is 2.76 bits per heavy atom. The van der Waals surface area contributed by atoms with Gasteiger partial charge in [0.25, 0.3) is 0 Å². The highest BCUT2D eigenvalue weighted by Crippen LogP contribution is 2.24. The van der Waals surface area contributed by atoms with Gasteiger partial charge in [-0.15, -0.1) is 0 Å². The van der Waals surface area contributed by atoms with Crippen LogP contribution in [0.2, 0.25) is 0 Å². The van der Waals surface area contributed by atoms with E-state index in [9.17, 15) is 0 Å². The number of benzene rings is 2. The van der Waals surface area contributed by atoms with Gasteiger partial charge in [0.2, 0.25) is 0 Å². The molecule has 0 saturated carbocycles. The van der Waals surface area contributed by atoms with Crippen LogP contribution in [-0.4, -0.2) is 25.7 Å². The van der Waals surface area contributed by atoms with Gasteiger partial charge in [-0.1, -0.05) is 50.2 Å². The number of fused-ring (bicyclic) bond motifs is 1. The Bertz CT molecular complexity index is 603. The Morgan fingerprint density at radius 2 is 1.95 bits per heavy atom. The molecule has 4 nitrogen and oxygen atoms in total. The molecule has 0 spiro atoms. The molecule has 0 aromatic heterocycles. The molecular formula is C17H23N3O. The van der Waals surface area contributed by atoms with Gasteiger partial charge < -0.3 is 15.8 Å². The van der Waals surface area contributed by atoms with E-state index in [-0.39, 0.29) is 0 Å². The van der Waals surface area contributed by atoms with Crippen LogP contribution in [0.3, 0.4) is 0 Å². The lowest BCUT2D eigenvalue weighted by atomic mass is 10.1. The first-order valence-electron chi connectivity index (χ1n) is 7.31. The Balaban J connectivity index is 1.84. The van der Waals surface area contributed by atoms with E-state index >= 15 is 0 Å². The van der Waals surface area contributed by atoms with Gasteiger partial charge in [0.05, 0.1) is 6.54 Å². The second-order valence-corrected chi connectivity index (χ2v) is 5.37. The molecule has 0 unspecified atom stereocenters. The van der Waals surface area contributed by atoms with E-state index in [2.05, 4.69) is 42.4 Å². The van der Waals surface area contributed by atoms with Crippen molar-refractivity contribution in [3.8, 4) is 5.75 Å². The number of ether oxygens (including phenoxy) is 1. The maximum absolute atomic E-state index is 5.82. The van der Waals surface area contributed by atoms with Crippen LogP contribution < -0.4 is 15.8 Å². The molecule has 0 amide bonds. The van der Waals surface area contributed by atoms with Gasteiger partial charge in [0, 0.05) is 11.9 Å². The predicted octanol–water partition coefficient (Wildman–Crippen LogP) is 2.78. The smallest absolute Gasteiger partial charge is 0.188 e. The molecule has 4 heteroatoms. The van der Waals surface area contributed by atoms with Gasteiger partial charge in [-0.05, 0) is 17.4 Å². The zero-order chi connectivity index (χ0) is 15.1. The van der Waals surface area contributed by atoms with Crippen LogP contribution in [0.25, 0.3) is 10.8 Å². The van der Waals surface area contributed by atoms with Crippen molar-refractivity contribution in [1.29, 1.82) is 0 Å². The fourth-order valence-electron chi connectivity index (χ4n) is 2.00. The lowest BCUT2D eigenvalue weighted by Crippen LogP contribution is -2.35. The van der Waals surface area contributed by atoms with Gasteiger partial charge in [-0.25, -0.2) is 0 Å². The number of rotatable bonds is 6. The van der Waals surface area contributed by atoms with Crippen molar-refractivity contribution in [2.75, 3.05) is 19.7 Å². The lowest BCUT2D eigenvalue weighted by Gasteiger charge is -2.10. The quantitative estimate of drug-likeness (QED) is 0.487. The van der Waals surface area contributed by atoms with Crippen molar-refractivity contribution in [3.63, 3.8) is 0 Å². The average molecular weight is 285 g/mol. The molecule has 3 N–H and O–H groups in total. The molecule has 0 aliphatic carbocycles. The standard InChI is InChI=1S/C17H23N3O/c1-13(2)12-20-17(18)19-10-11-21-16-9-5-7-14-6-3-4-8-15(14)16/h3-9,13H,10-12H2,1-2H3,(H3,18,19,20). The molecule has 0 aliphatic heterocycles. The van der Waals surface area contributed by atoms with Crippen molar-refractivity contribution in [2.24, 2.45) is 16.6 Å². The third-order valence-electron chi connectivity index (χ3n) is 3.04. The summed E-state index contributed by atoms with van der Waals surface area (Å²) in [4.78, 5) is 4.25. The number of hydrogen-bond acceptors (Lipinski definition) is 2. The van der Waals surface area contributed by atoms with Crippen molar-refractivity contribution in [1.82, 2.24) is 5.32 Å². The minimum atomic E-state index is 0.477. The van der Waals surface area contributed by atoms with Gasteiger partial charge in [-0.2, -0.15) is 0 Å². The second kappa shape index (κ2) is 7.53. The average Bonchev–Trinajstić information content (AvgIpc) is 2.49. The second-order valence-electron chi connectivity index (χ2n) is 5.37. The zero-order valence-corrected chi connectivity index (χ0v) is 12.7. The van der Waals surface area contributed by atoms with Crippen LogP contribution in [0.5, 0.6) is 5.75 Å². The fraction of sp³-hybridized carbons (Fsp3) is 0.353. The molecule has 0 saturated heterocycles. The summed E-state index contributed by atoms with van der Waals surface area (Å²) in [5.74, 6) is 1.88. The first-order chi connectivity index (χ1) is 10.2. The Morgan fingerprint density at radius 1 is 1.19 bits per heavy atom. The molecule has 0 heterocycles. The molecule has 21 heavy (non-hydrogen) atoms. The molecule has 2 aromatic rings. The van der Waals surface area contributed by atoms with Gasteiger partial charge >= 0.3 is 0 Å².